The number of carbonyl (C=O) groups excluding carboxylic acids is 1. The Morgan fingerprint density at radius 2 is 2.05 bits per heavy atom. The topological polar surface area (TPSA) is 54.0 Å². The summed E-state index contributed by atoms with van der Waals surface area (Å²) in [5.41, 5.74) is 0.906. The van der Waals surface area contributed by atoms with E-state index in [1.807, 2.05) is 0 Å². The van der Waals surface area contributed by atoms with Crippen LogP contribution >= 0.6 is 11.3 Å². The highest BCUT2D eigenvalue weighted by molar-refractivity contribution is 7.15. The molecule has 0 saturated heterocycles. The smallest absolute Gasteiger partial charge is 0.257 e. The number of hydrogen-bond donors (Lipinski definition) is 2. The maximum atomic E-state index is 13.1. The summed E-state index contributed by atoms with van der Waals surface area (Å²) in [7, 11) is 0. The minimum Gasteiger partial charge on any atom is -0.311 e. The molecular formula is C13H11F2N3OS. The number of nitrogens with one attached hydrogen (secondary N) is 2. The molecule has 0 unspecified atom stereocenters. The lowest BCUT2D eigenvalue weighted by Gasteiger charge is -2.09. The highest BCUT2D eigenvalue weighted by Gasteiger charge is 2.17. The van der Waals surface area contributed by atoms with Crippen molar-refractivity contribution in [3.8, 4) is 0 Å². The van der Waals surface area contributed by atoms with Gasteiger partial charge in [0.15, 0.2) is 5.13 Å². The lowest BCUT2D eigenvalue weighted by atomic mass is 10.2. The average Bonchev–Trinajstić information content (AvgIpc) is 2.79. The molecule has 7 heteroatoms. The minimum atomic E-state index is -0.780. The molecule has 0 fully saturated rings. The van der Waals surface area contributed by atoms with Gasteiger partial charge in [-0.2, -0.15) is 0 Å². The van der Waals surface area contributed by atoms with Crippen LogP contribution < -0.4 is 10.6 Å². The fraction of sp³-hybridized carbons (Fsp3) is 0.231. The Kier molecular flexibility index (Phi) is 3.45. The van der Waals surface area contributed by atoms with E-state index in [1.165, 1.54) is 11.3 Å². The Labute approximate surface area is 117 Å². The van der Waals surface area contributed by atoms with Gasteiger partial charge < -0.3 is 5.32 Å². The molecule has 2 aromatic rings. The summed E-state index contributed by atoms with van der Waals surface area (Å²) in [5, 5.41) is 6.24. The summed E-state index contributed by atoms with van der Waals surface area (Å²) in [6, 6.07) is 2.71. The van der Waals surface area contributed by atoms with Crippen molar-refractivity contribution in [1.29, 1.82) is 0 Å². The van der Waals surface area contributed by atoms with Crippen LogP contribution in [0.2, 0.25) is 0 Å². The molecule has 0 aliphatic carbocycles. The number of benzene rings is 1. The number of fused-ring (bicyclic) bond motifs is 1. The van der Waals surface area contributed by atoms with E-state index in [1.54, 1.807) is 0 Å². The van der Waals surface area contributed by atoms with Crippen molar-refractivity contribution < 1.29 is 13.6 Å². The van der Waals surface area contributed by atoms with Gasteiger partial charge in [-0.15, -0.1) is 11.3 Å². The van der Waals surface area contributed by atoms with Gasteiger partial charge in [-0.1, -0.05) is 0 Å². The van der Waals surface area contributed by atoms with E-state index in [-0.39, 0.29) is 5.56 Å². The fourth-order valence-electron chi connectivity index (χ4n) is 2.03. The number of halogens is 2. The SMILES string of the molecule is O=C(Nc1nc2c(s1)CNCC2)c1cc(F)cc(F)c1. The van der Waals surface area contributed by atoms with Crippen LogP contribution in [-0.4, -0.2) is 17.4 Å². The molecule has 2 heterocycles. The van der Waals surface area contributed by atoms with Crippen LogP contribution in [0, 0.1) is 11.6 Å². The van der Waals surface area contributed by atoms with Crippen LogP contribution in [0.5, 0.6) is 0 Å². The average molecular weight is 295 g/mol. The van der Waals surface area contributed by atoms with Crippen molar-refractivity contribution in [3.63, 3.8) is 0 Å². The number of amides is 1. The zero-order chi connectivity index (χ0) is 14.1. The van der Waals surface area contributed by atoms with Crippen molar-refractivity contribution >= 4 is 22.4 Å². The van der Waals surface area contributed by atoms with E-state index in [0.29, 0.717) is 5.13 Å². The number of rotatable bonds is 2. The number of carbonyl (C=O) groups is 1. The third-order valence-corrected chi connectivity index (χ3v) is 3.96. The maximum absolute atomic E-state index is 13.1. The second-order valence-corrected chi connectivity index (χ2v) is 5.51. The zero-order valence-electron chi connectivity index (χ0n) is 10.4. The Morgan fingerprint density at radius 3 is 2.75 bits per heavy atom. The predicted octanol–water partition coefficient (Wildman–Crippen LogP) is 2.32. The van der Waals surface area contributed by atoms with Crippen molar-refractivity contribution in [3.05, 3.63) is 46.0 Å². The van der Waals surface area contributed by atoms with Gasteiger partial charge >= 0.3 is 0 Å². The Bertz CT molecular complexity index is 628. The number of aromatic nitrogens is 1. The monoisotopic (exact) mass is 295 g/mol. The molecule has 1 aliphatic heterocycles. The van der Waals surface area contributed by atoms with Gasteiger partial charge in [0.05, 0.1) is 5.69 Å². The Balaban J connectivity index is 1.80. The van der Waals surface area contributed by atoms with Crippen LogP contribution in [0.3, 0.4) is 0 Å². The minimum absolute atomic E-state index is 0.0613. The summed E-state index contributed by atoms with van der Waals surface area (Å²) in [5.74, 6) is -2.13. The van der Waals surface area contributed by atoms with Crippen molar-refractivity contribution in [2.24, 2.45) is 0 Å². The first-order valence-corrected chi connectivity index (χ1v) is 6.90. The van der Waals surface area contributed by atoms with Crippen LogP contribution in [-0.2, 0) is 13.0 Å². The molecule has 1 aromatic carbocycles. The van der Waals surface area contributed by atoms with Gasteiger partial charge in [0.1, 0.15) is 11.6 Å². The molecule has 3 rings (SSSR count). The normalized spacial score (nSPS) is 13.9. The summed E-state index contributed by atoms with van der Waals surface area (Å²) < 4.78 is 26.1. The largest absolute Gasteiger partial charge is 0.311 e. The van der Waals surface area contributed by atoms with Gasteiger partial charge in [-0.25, -0.2) is 13.8 Å². The quantitative estimate of drug-likeness (QED) is 0.894. The first-order chi connectivity index (χ1) is 9.61. The van der Waals surface area contributed by atoms with Crippen molar-refractivity contribution in [2.75, 3.05) is 11.9 Å². The van der Waals surface area contributed by atoms with E-state index in [4.69, 9.17) is 0 Å². The number of thiazole rings is 1. The van der Waals surface area contributed by atoms with E-state index in [0.717, 1.165) is 48.3 Å². The molecule has 4 nitrogen and oxygen atoms in total. The van der Waals surface area contributed by atoms with E-state index in [9.17, 15) is 13.6 Å². The van der Waals surface area contributed by atoms with E-state index >= 15 is 0 Å². The van der Waals surface area contributed by atoms with Crippen LogP contribution in [0.1, 0.15) is 20.9 Å². The molecular weight excluding hydrogens is 284 g/mol. The summed E-state index contributed by atoms with van der Waals surface area (Å²) in [4.78, 5) is 17.3. The first kappa shape index (κ1) is 13.1. The molecule has 0 atom stereocenters. The van der Waals surface area contributed by atoms with Gasteiger partial charge in [0, 0.05) is 36.0 Å². The second-order valence-electron chi connectivity index (χ2n) is 4.43. The van der Waals surface area contributed by atoms with Crippen LogP contribution in [0.25, 0.3) is 0 Å². The molecule has 20 heavy (non-hydrogen) atoms. The molecule has 0 bridgehead atoms. The standard InChI is InChI=1S/C13H11F2N3OS/c14-8-3-7(4-9(15)5-8)12(19)18-13-17-10-1-2-16-6-11(10)20-13/h3-5,16H,1-2,6H2,(H,17,18,19). The molecule has 1 amide bonds. The molecule has 0 spiro atoms. The highest BCUT2D eigenvalue weighted by Crippen LogP contribution is 2.25. The Morgan fingerprint density at radius 1 is 1.30 bits per heavy atom. The molecule has 104 valence electrons. The number of hydrogen-bond acceptors (Lipinski definition) is 4. The fourth-order valence-corrected chi connectivity index (χ4v) is 3.01. The van der Waals surface area contributed by atoms with Gasteiger partial charge in [0.25, 0.3) is 5.91 Å². The molecule has 1 aromatic heterocycles. The lowest BCUT2D eigenvalue weighted by Crippen LogP contribution is -2.22. The molecule has 0 saturated carbocycles. The summed E-state index contributed by atoms with van der Waals surface area (Å²) in [6.07, 6.45) is 0.816. The maximum Gasteiger partial charge on any atom is 0.257 e. The summed E-state index contributed by atoms with van der Waals surface area (Å²) >= 11 is 1.37. The van der Waals surface area contributed by atoms with Gasteiger partial charge in [0.2, 0.25) is 0 Å². The first-order valence-electron chi connectivity index (χ1n) is 6.08. The van der Waals surface area contributed by atoms with Crippen LogP contribution in [0.15, 0.2) is 18.2 Å². The van der Waals surface area contributed by atoms with Crippen molar-refractivity contribution in [1.82, 2.24) is 10.3 Å². The second kappa shape index (κ2) is 5.26. The molecule has 2 N–H and O–H groups in total. The predicted molar refractivity (Wildman–Crippen MR) is 71.8 cm³/mol. The summed E-state index contributed by atoms with van der Waals surface area (Å²) in [6.45, 7) is 1.59. The Hall–Kier alpha value is -1.86. The van der Waals surface area contributed by atoms with Gasteiger partial charge in [-0.3, -0.25) is 10.1 Å². The van der Waals surface area contributed by atoms with E-state index in [2.05, 4.69) is 15.6 Å². The lowest BCUT2D eigenvalue weighted by molar-refractivity contribution is 0.102. The van der Waals surface area contributed by atoms with Gasteiger partial charge in [-0.05, 0) is 12.1 Å². The molecule has 1 aliphatic rings. The third-order valence-electron chi connectivity index (χ3n) is 2.95. The zero-order valence-corrected chi connectivity index (χ0v) is 11.2. The van der Waals surface area contributed by atoms with E-state index < -0.39 is 17.5 Å². The van der Waals surface area contributed by atoms with Crippen LogP contribution in [0.4, 0.5) is 13.9 Å². The third kappa shape index (κ3) is 2.68. The highest BCUT2D eigenvalue weighted by atomic mass is 32.1. The number of anilines is 1. The molecule has 0 radical (unpaired) electrons. The number of nitrogens with zero attached hydrogens (tertiary/aromatic N) is 1. The van der Waals surface area contributed by atoms with Crippen molar-refractivity contribution in [2.45, 2.75) is 13.0 Å².